The third-order valence-electron chi connectivity index (χ3n) is 2.76. The number of nitrogens with two attached hydrogens (primary N) is 1. The normalized spacial score (nSPS) is 11.2. The predicted octanol–water partition coefficient (Wildman–Crippen LogP) is 2.89. The van der Waals surface area contributed by atoms with Crippen LogP contribution in [0.1, 0.15) is 28.8 Å². The molecule has 0 aliphatic rings. The van der Waals surface area contributed by atoms with E-state index < -0.39 is 6.43 Å². The minimum absolute atomic E-state index is 0.0600. The fraction of sp³-hybridized carbons (Fsp3) is 0.308. The second-order valence-electron chi connectivity index (χ2n) is 4.32. The van der Waals surface area contributed by atoms with E-state index in [2.05, 4.69) is 5.10 Å². The lowest BCUT2D eigenvalue weighted by molar-refractivity contribution is 0.141. The van der Waals surface area contributed by atoms with Gasteiger partial charge < -0.3 is 5.73 Å². The maximum absolute atomic E-state index is 13.1. The van der Waals surface area contributed by atoms with Crippen molar-refractivity contribution in [3.63, 3.8) is 0 Å². The minimum Gasteiger partial charge on any atom is -0.326 e. The number of halogens is 2. The molecule has 0 unspecified atom stereocenters. The van der Waals surface area contributed by atoms with Gasteiger partial charge in [0.1, 0.15) is 5.69 Å². The predicted molar refractivity (Wildman–Crippen MR) is 65.9 cm³/mol. The summed E-state index contributed by atoms with van der Waals surface area (Å²) in [5, 5.41) is 4.02. The van der Waals surface area contributed by atoms with Gasteiger partial charge in [-0.15, -0.1) is 0 Å². The molecule has 0 saturated carbocycles. The number of benzene rings is 1. The summed E-state index contributed by atoms with van der Waals surface area (Å²) in [6.45, 7) is 3.91. The van der Waals surface area contributed by atoms with Crippen LogP contribution in [0.25, 0.3) is 5.69 Å². The van der Waals surface area contributed by atoms with Gasteiger partial charge in [-0.25, -0.2) is 13.5 Å². The molecule has 18 heavy (non-hydrogen) atoms. The van der Waals surface area contributed by atoms with Gasteiger partial charge in [0.2, 0.25) is 0 Å². The topological polar surface area (TPSA) is 43.8 Å². The maximum atomic E-state index is 13.1. The average Bonchev–Trinajstić information content (AvgIpc) is 2.71. The Balaban J connectivity index is 2.60. The number of hydrogen-bond acceptors (Lipinski definition) is 2. The molecule has 2 rings (SSSR count). The number of rotatable bonds is 3. The lowest BCUT2D eigenvalue weighted by Crippen LogP contribution is -2.07. The van der Waals surface area contributed by atoms with Crippen molar-refractivity contribution >= 4 is 0 Å². The van der Waals surface area contributed by atoms with Gasteiger partial charge >= 0.3 is 0 Å². The molecular weight excluding hydrogens is 236 g/mol. The molecule has 0 aliphatic heterocycles. The average molecular weight is 251 g/mol. The third-order valence-corrected chi connectivity index (χ3v) is 2.76. The molecule has 1 aromatic heterocycles. The molecule has 0 aliphatic carbocycles. The molecule has 0 atom stereocenters. The molecule has 0 bridgehead atoms. The number of alkyl halides is 2. The number of nitrogens with zero attached hydrogens (tertiary/aromatic N) is 2. The largest absolute Gasteiger partial charge is 0.326 e. The molecule has 2 N–H and O–H groups in total. The summed E-state index contributed by atoms with van der Waals surface area (Å²) in [6.07, 6.45) is -1.19. The van der Waals surface area contributed by atoms with Crippen LogP contribution in [-0.4, -0.2) is 9.78 Å². The third kappa shape index (κ3) is 2.26. The molecule has 3 nitrogen and oxygen atoms in total. The molecule has 0 saturated heterocycles. The fourth-order valence-electron chi connectivity index (χ4n) is 2.06. The Morgan fingerprint density at radius 1 is 1.22 bits per heavy atom. The standard InChI is InChI=1S/C13H15F2N3/c1-8-3-9(2)5-11(4-8)18-12(13(14)15)10(6-16)7-17-18/h3-5,7,13H,6,16H2,1-2H3. The second-order valence-corrected chi connectivity index (χ2v) is 4.32. The van der Waals surface area contributed by atoms with Gasteiger partial charge in [-0.2, -0.15) is 5.10 Å². The first-order valence-corrected chi connectivity index (χ1v) is 5.66. The van der Waals surface area contributed by atoms with E-state index in [4.69, 9.17) is 5.73 Å². The van der Waals surface area contributed by atoms with Crippen molar-refractivity contribution in [3.8, 4) is 5.69 Å². The molecule has 2 aromatic rings. The van der Waals surface area contributed by atoms with Gasteiger partial charge in [-0.1, -0.05) is 6.07 Å². The van der Waals surface area contributed by atoms with E-state index in [0.29, 0.717) is 11.3 Å². The first-order valence-electron chi connectivity index (χ1n) is 5.66. The van der Waals surface area contributed by atoms with E-state index in [1.165, 1.54) is 10.9 Å². The van der Waals surface area contributed by atoms with Gasteiger partial charge in [0.25, 0.3) is 6.43 Å². The SMILES string of the molecule is Cc1cc(C)cc(-n2ncc(CN)c2C(F)F)c1. The first kappa shape index (κ1) is 12.7. The van der Waals surface area contributed by atoms with Crippen molar-refractivity contribution in [3.05, 3.63) is 46.8 Å². The van der Waals surface area contributed by atoms with E-state index in [1.807, 2.05) is 32.0 Å². The Morgan fingerprint density at radius 2 is 1.83 bits per heavy atom. The smallest absolute Gasteiger partial charge is 0.280 e. The molecule has 96 valence electrons. The lowest BCUT2D eigenvalue weighted by Gasteiger charge is -2.10. The zero-order valence-electron chi connectivity index (χ0n) is 10.3. The summed E-state index contributed by atoms with van der Waals surface area (Å²) in [5.41, 5.74) is 8.37. The van der Waals surface area contributed by atoms with Gasteiger partial charge in [0, 0.05) is 12.1 Å². The highest BCUT2D eigenvalue weighted by molar-refractivity contribution is 5.41. The number of aryl methyl sites for hydroxylation is 2. The Hall–Kier alpha value is -1.75. The van der Waals surface area contributed by atoms with Crippen molar-refractivity contribution in [1.29, 1.82) is 0 Å². The summed E-state index contributed by atoms with van der Waals surface area (Å²) >= 11 is 0. The van der Waals surface area contributed by atoms with Crippen LogP contribution in [-0.2, 0) is 6.54 Å². The number of hydrogen-bond donors (Lipinski definition) is 1. The van der Waals surface area contributed by atoms with Crippen LogP contribution in [0.2, 0.25) is 0 Å². The van der Waals surface area contributed by atoms with Crippen molar-refractivity contribution in [2.75, 3.05) is 0 Å². The molecule has 0 fully saturated rings. The van der Waals surface area contributed by atoms with Crippen LogP contribution in [0.3, 0.4) is 0 Å². The van der Waals surface area contributed by atoms with Crippen molar-refractivity contribution in [1.82, 2.24) is 9.78 Å². The van der Waals surface area contributed by atoms with E-state index in [-0.39, 0.29) is 12.2 Å². The van der Waals surface area contributed by atoms with E-state index in [1.54, 1.807) is 0 Å². The summed E-state index contributed by atoms with van der Waals surface area (Å²) in [7, 11) is 0. The van der Waals surface area contributed by atoms with Crippen molar-refractivity contribution < 1.29 is 8.78 Å². The Labute approximate surface area is 104 Å². The molecule has 0 amide bonds. The highest BCUT2D eigenvalue weighted by Crippen LogP contribution is 2.26. The van der Waals surface area contributed by atoms with Crippen LogP contribution in [0, 0.1) is 13.8 Å². The van der Waals surface area contributed by atoms with Crippen LogP contribution >= 0.6 is 0 Å². The Bertz CT molecular complexity index is 541. The summed E-state index contributed by atoms with van der Waals surface area (Å²) in [4.78, 5) is 0. The van der Waals surface area contributed by atoms with Gasteiger partial charge in [-0.05, 0) is 37.1 Å². The maximum Gasteiger partial charge on any atom is 0.280 e. The summed E-state index contributed by atoms with van der Waals surface area (Å²) < 4.78 is 27.4. The molecule has 5 heteroatoms. The first-order chi connectivity index (χ1) is 8.52. The molecule has 1 heterocycles. The van der Waals surface area contributed by atoms with Crippen LogP contribution in [0.4, 0.5) is 8.78 Å². The highest BCUT2D eigenvalue weighted by Gasteiger charge is 2.20. The zero-order chi connectivity index (χ0) is 13.3. The van der Waals surface area contributed by atoms with Crippen molar-refractivity contribution in [2.45, 2.75) is 26.8 Å². The molecule has 1 aromatic carbocycles. The highest BCUT2D eigenvalue weighted by atomic mass is 19.3. The van der Waals surface area contributed by atoms with Gasteiger partial charge in [-0.3, -0.25) is 0 Å². The molecular formula is C13H15F2N3. The zero-order valence-corrected chi connectivity index (χ0v) is 10.3. The summed E-state index contributed by atoms with van der Waals surface area (Å²) in [6, 6.07) is 5.64. The van der Waals surface area contributed by atoms with E-state index in [0.717, 1.165) is 11.1 Å². The molecule has 0 radical (unpaired) electrons. The second kappa shape index (κ2) is 4.86. The molecule has 0 spiro atoms. The Morgan fingerprint density at radius 3 is 2.33 bits per heavy atom. The fourth-order valence-corrected chi connectivity index (χ4v) is 2.06. The van der Waals surface area contributed by atoms with Crippen LogP contribution in [0.5, 0.6) is 0 Å². The van der Waals surface area contributed by atoms with Gasteiger partial charge in [0.15, 0.2) is 0 Å². The number of aromatic nitrogens is 2. The lowest BCUT2D eigenvalue weighted by atomic mass is 10.1. The monoisotopic (exact) mass is 251 g/mol. The van der Waals surface area contributed by atoms with Crippen LogP contribution in [0.15, 0.2) is 24.4 Å². The Kier molecular flexibility index (Phi) is 3.43. The van der Waals surface area contributed by atoms with Crippen molar-refractivity contribution in [2.24, 2.45) is 5.73 Å². The van der Waals surface area contributed by atoms with Crippen LogP contribution < -0.4 is 5.73 Å². The van der Waals surface area contributed by atoms with E-state index >= 15 is 0 Å². The minimum atomic E-state index is -2.59. The van der Waals surface area contributed by atoms with Gasteiger partial charge in [0.05, 0.1) is 11.9 Å². The quantitative estimate of drug-likeness (QED) is 0.911. The van der Waals surface area contributed by atoms with E-state index in [9.17, 15) is 8.78 Å². The summed E-state index contributed by atoms with van der Waals surface area (Å²) in [5.74, 6) is 0.